The van der Waals surface area contributed by atoms with Gasteiger partial charge < -0.3 is 10.6 Å². The second-order valence-corrected chi connectivity index (χ2v) is 5.13. The molecule has 1 saturated carbocycles. The van der Waals surface area contributed by atoms with Gasteiger partial charge in [-0.2, -0.15) is 0 Å². The zero-order valence-electron chi connectivity index (χ0n) is 10.4. The van der Waals surface area contributed by atoms with Crippen LogP contribution in [0.3, 0.4) is 0 Å². The molecule has 0 aromatic carbocycles. The fourth-order valence-electron chi connectivity index (χ4n) is 2.47. The molecule has 1 aliphatic carbocycles. The normalized spacial score (nSPS) is 21.8. The average Bonchev–Trinajstić information content (AvgIpc) is 3.17. The zero-order valence-corrected chi connectivity index (χ0v) is 10.4. The number of anilines is 2. The largest absolute Gasteiger partial charge is 0.383 e. The van der Waals surface area contributed by atoms with Crippen molar-refractivity contribution in [1.29, 1.82) is 0 Å². The molecule has 1 aromatic heterocycles. The van der Waals surface area contributed by atoms with Crippen molar-refractivity contribution < 1.29 is 0 Å². The van der Waals surface area contributed by atoms with Gasteiger partial charge in [-0.05, 0) is 31.4 Å². The molecule has 2 heterocycles. The Labute approximate surface area is 102 Å². The van der Waals surface area contributed by atoms with Crippen LogP contribution in [0.2, 0.25) is 0 Å². The maximum atomic E-state index is 5.86. The first-order valence-electron chi connectivity index (χ1n) is 6.46. The van der Waals surface area contributed by atoms with Gasteiger partial charge in [0.15, 0.2) is 0 Å². The van der Waals surface area contributed by atoms with Gasteiger partial charge in [0.25, 0.3) is 0 Å². The maximum Gasteiger partial charge on any atom is 0.131 e. The van der Waals surface area contributed by atoms with E-state index >= 15 is 0 Å². The van der Waals surface area contributed by atoms with E-state index in [-0.39, 0.29) is 0 Å². The number of nitrogen functional groups attached to an aromatic ring is 1. The van der Waals surface area contributed by atoms with Gasteiger partial charge in [0.05, 0.1) is 0 Å². The van der Waals surface area contributed by atoms with Gasteiger partial charge in [0, 0.05) is 32.2 Å². The van der Waals surface area contributed by atoms with Crippen LogP contribution in [0, 0.1) is 6.92 Å². The Kier molecular flexibility index (Phi) is 2.67. The molecular weight excluding hydrogens is 212 g/mol. The molecule has 4 heteroatoms. The number of aromatic nitrogens is 1. The molecule has 0 amide bonds. The summed E-state index contributed by atoms with van der Waals surface area (Å²) < 4.78 is 0. The number of pyridine rings is 1. The van der Waals surface area contributed by atoms with Crippen molar-refractivity contribution in [3.8, 4) is 0 Å². The highest BCUT2D eigenvalue weighted by Gasteiger charge is 2.31. The standard InChI is InChI=1S/C13H20N4/c1-10-2-5-12(15-13(10)14)17-8-6-16(7-9-17)11-3-4-11/h2,5,11H,3-4,6-9H2,1H3,(H2,14,15). The van der Waals surface area contributed by atoms with Crippen LogP contribution in [0.15, 0.2) is 12.1 Å². The van der Waals surface area contributed by atoms with Crippen LogP contribution < -0.4 is 10.6 Å². The minimum atomic E-state index is 0.659. The molecule has 1 saturated heterocycles. The van der Waals surface area contributed by atoms with Crippen molar-refractivity contribution in [3.63, 3.8) is 0 Å². The zero-order chi connectivity index (χ0) is 11.8. The van der Waals surface area contributed by atoms with Crippen molar-refractivity contribution >= 4 is 11.6 Å². The van der Waals surface area contributed by atoms with Gasteiger partial charge >= 0.3 is 0 Å². The fraction of sp³-hybridized carbons (Fsp3) is 0.615. The van der Waals surface area contributed by atoms with E-state index in [0.29, 0.717) is 5.82 Å². The van der Waals surface area contributed by atoms with E-state index in [1.165, 1.54) is 25.9 Å². The SMILES string of the molecule is Cc1ccc(N2CCN(C3CC3)CC2)nc1N. The summed E-state index contributed by atoms with van der Waals surface area (Å²) in [7, 11) is 0. The highest BCUT2D eigenvalue weighted by molar-refractivity contribution is 5.49. The van der Waals surface area contributed by atoms with E-state index in [1.54, 1.807) is 0 Å². The summed E-state index contributed by atoms with van der Waals surface area (Å²) in [6.07, 6.45) is 2.80. The molecule has 2 aliphatic rings. The lowest BCUT2D eigenvalue weighted by Crippen LogP contribution is -2.47. The quantitative estimate of drug-likeness (QED) is 0.833. The van der Waals surface area contributed by atoms with Crippen LogP contribution in [-0.4, -0.2) is 42.1 Å². The fourth-order valence-corrected chi connectivity index (χ4v) is 2.47. The molecule has 92 valence electrons. The highest BCUT2D eigenvalue weighted by Crippen LogP contribution is 2.28. The Hall–Kier alpha value is -1.29. The number of hydrogen-bond acceptors (Lipinski definition) is 4. The summed E-state index contributed by atoms with van der Waals surface area (Å²) in [5, 5.41) is 0. The van der Waals surface area contributed by atoms with Crippen LogP contribution in [0.4, 0.5) is 11.6 Å². The summed E-state index contributed by atoms with van der Waals surface area (Å²) in [4.78, 5) is 9.41. The number of rotatable bonds is 2. The molecule has 2 fully saturated rings. The van der Waals surface area contributed by atoms with Crippen LogP contribution in [0.5, 0.6) is 0 Å². The molecule has 0 radical (unpaired) electrons. The molecule has 0 spiro atoms. The van der Waals surface area contributed by atoms with Crippen LogP contribution in [0.1, 0.15) is 18.4 Å². The number of aryl methyl sites for hydroxylation is 1. The van der Waals surface area contributed by atoms with Gasteiger partial charge in [-0.25, -0.2) is 4.98 Å². The third-order valence-corrected chi connectivity index (χ3v) is 3.82. The minimum Gasteiger partial charge on any atom is -0.383 e. The van der Waals surface area contributed by atoms with E-state index in [2.05, 4.69) is 26.9 Å². The molecule has 1 aromatic rings. The monoisotopic (exact) mass is 232 g/mol. The van der Waals surface area contributed by atoms with Crippen molar-refractivity contribution in [1.82, 2.24) is 9.88 Å². The first-order valence-corrected chi connectivity index (χ1v) is 6.46. The summed E-state index contributed by atoms with van der Waals surface area (Å²) in [6.45, 7) is 6.48. The number of nitrogens with zero attached hydrogens (tertiary/aromatic N) is 3. The molecule has 0 unspecified atom stereocenters. The van der Waals surface area contributed by atoms with E-state index in [9.17, 15) is 0 Å². The number of hydrogen-bond donors (Lipinski definition) is 1. The summed E-state index contributed by atoms with van der Waals surface area (Å²) >= 11 is 0. The number of nitrogens with two attached hydrogens (primary N) is 1. The Morgan fingerprint density at radius 1 is 1.18 bits per heavy atom. The maximum absolute atomic E-state index is 5.86. The molecule has 2 N–H and O–H groups in total. The first-order chi connectivity index (χ1) is 8.24. The Balaban J connectivity index is 1.66. The lowest BCUT2D eigenvalue weighted by molar-refractivity contribution is 0.247. The molecule has 0 atom stereocenters. The third-order valence-electron chi connectivity index (χ3n) is 3.82. The van der Waals surface area contributed by atoms with E-state index < -0.39 is 0 Å². The van der Waals surface area contributed by atoms with E-state index in [1.807, 2.05) is 6.92 Å². The minimum absolute atomic E-state index is 0.659. The first kappa shape index (κ1) is 10.8. The summed E-state index contributed by atoms with van der Waals surface area (Å²) in [5.74, 6) is 1.69. The third kappa shape index (κ3) is 2.22. The topological polar surface area (TPSA) is 45.4 Å². The van der Waals surface area contributed by atoms with Crippen LogP contribution in [0.25, 0.3) is 0 Å². The van der Waals surface area contributed by atoms with Gasteiger partial charge in [-0.3, -0.25) is 4.90 Å². The summed E-state index contributed by atoms with van der Waals surface area (Å²) in [5.41, 5.74) is 6.93. The predicted molar refractivity (Wildman–Crippen MR) is 70.2 cm³/mol. The second kappa shape index (κ2) is 4.18. The lowest BCUT2D eigenvalue weighted by Gasteiger charge is -2.35. The lowest BCUT2D eigenvalue weighted by atomic mass is 10.2. The molecule has 0 bridgehead atoms. The van der Waals surface area contributed by atoms with Gasteiger partial charge in [0.2, 0.25) is 0 Å². The molecule has 3 rings (SSSR count). The van der Waals surface area contributed by atoms with Crippen molar-refractivity contribution in [2.45, 2.75) is 25.8 Å². The average molecular weight is 232 g/mol. The Morgan fingerprint density at radius 2 is 1.88 bits per heavy atom. The molecular formula is C13H20N4. The summed E-state index contributed by atoms with van der Waals surface area (Å²) in [6, 6.07) is 5.02. The molecule has 1 aliphatic heterocycles. The van der Waals surface area contributed by atoms with Crippen molar-refractivity contribution in [2.24, 2.45) is 0 Å². The van der Waals surface area contributed by atoms with Crippen LogP contribution in [-0.2, 0) is 0 Å². The number of piperazine rings is 1. The van der Waals surface area contributed by atoms with Gasteiger partial charge in [0.1, 0.15) is 11.6 Å². The molecule has 4 nitrogen and oxygen atoms in total. The van der Waals surface area contributed by atoms with Crippen molar-refractivity contribution in [3.05, 3.63) is 17.7 Å². The van der Waals surface area contributed by atoms with Gasteiger partial charge in [-0.15, -0.1) is 0 Å². The van der Waals surface area contributed by atoms with E-state index in [4.69, 9.17) is 5.73 Å². The Morgan fingerprint density at radius 3 is 2.47 bits per heavy atom. The second-order valence-electron chi connectivity index (χ2n) is 5.13. The molecule has 17 heavy (non-hydrogen) atoms. The Bertz CT molecular complexity index is 406. The van der Waals surface area contributed by atoms with Gasteiger partial charge in [-0.1, -0.05) is 6.07 Å². The van der Waals surface area contributed by atoms with Crippen molar-refractivity contribution in [2.75, 3.05) is 36.8 Å². The van der Waals surface area contributed by atoms with E-state index in [0.717, 1.165) is 30.5 Å². The van der Waals surface area contributed by atoms with Crippen LogP contribution >= 0.6 is 0 Å². The smallest absolute Gasteiger partial charge is 0.131 e. The highest BCUT2D eigenvalue weighted by atomic mass is 15.3. The predicted octanol–water partition coefficient (Wildman–Crippen LogP) is 1.26.